The van der Waals surface area contributed by atoms with Crippen LogP contribution in [0.4, 0.5) is 0 Å². The fraction of sp³-hybridized carbons (Fsp3) is 0.286. The summed E-state index contributed by atoms with van der Waals surface area (Å²) in [6.45, 7) is 4.32. The van der Waals surface area contributed by atoms with Crippen LogP contribution in [0.1, 0.15) is 23.3 Å². The lowest BCUT2D eigenvalue weighted by molar-refractivity contribution is 0.146. The van der Waals surface area contributed by atoms with Crippen LogP contribution in [0.25, 0.3) is 4.96 Å². The van der Waals surface area contributed by atoms with Crippen LogP contribution in [-0.4, -0.2) is 32.1 Å². The van der Waals surface area contributed by atoms with E-state index in [0.717, 1.165) is 27.1 Å². The number of aryl methyl sites for hydroxylation is 1. The van der Waals surface area contributed by atoms with Gasteiger partial charge in [-0.05, 0) is 19.4 Å². The normalized spacial score (nSPS) is 12.0. The van der Waals surface area contributed by atoms with Crippen LogP contribution in [0, 0.1) is 6.92 Å². The smallest absolute Gasteiger partial charge is 0.234 e. The van der Waals surface area contributed by atoms with Crippen molar-refractivity contribution in [2.24, 2.45) is 5.16 Å². The Morgan fingerprint density at radius 1 is 1.29 bits per heavy atom. The van der Waals surface area contributed by atoms with E-state index in [4.69, 9.17) is 4.84 Å². The molecule has 6 nitrogen and oxygen atoms in total. The van der Waals surface area contributed by atoms with E-state index in [9.17, 15) is 0 Å². The molecule has 2 heterocycles. The molecule has 0 saturated carbocycles. The summed E-state index contributed by atoms with van der Waals surface area (Å²) in [6.07, 6.45) is 0.621. The van der Waals surface area contributed by atoms with Crippen LogP contribution in [0.2, 0.25) is 0 Å². The largest absolute Gasteiger partial charge is 0.395 e. The van der Waals surface area contributed by atoms with Crippen LogP contribution >= 0.6 is 11.3 Å². The third-order valence-electron chi connectivity index (χ3n) is 2.97. The van der Waals surface area contributed by atoms with Gasteiger partial charge in [0, 0.05) is 6.42 Å². The zero-order valence-corrected chi connectivity index (χ0v) is 12.7. The number of hydrogen-bond donors (Lipinski definition) is 0. The minimum atomic E-state index is 0.446. The SMILES string of the molecule is C/C(=N\OCCc1nnc2sc(C)nn12)c1ccccc1. The minimum absolute atomic E-state index is 0.446. The molecule has 0 amide bonds. The van der Waals surface area contributed by atoms with Crippen LogP contribution in [-0.2, 0) is 11.3 Å². The predicted molar refractivity (Wildman–Crippen MR) is 81.7 cm³/mol. The lowest BCUT2D eigenvalue weighted by Gasteiger charge is -2.01. The van der Waals surface area contributed by atoms with Gasteiger partial charge in [0.2, 0.25) is 4.96 Å². The molecule has 0 N–H and O–H groups in total. The molecule has 2 aromatic heterocycles. The Balaban J connectivity index is 1.59. The fourth-order valence-corrected chi connectivity index (χ4v) is 2.62. The summed E-state index contributed by atoms with van der Waals surface area (Å²) in [6, 6.07) is 9.94. The van der Waals surface area contributed by atoms with Gasteiger partial charge in [-0.3, -0.25) is 0 Å². The van der Waals surface area contributed by atoms with E-state index in [1.54, 1.807) is 4.52 Å². The molecule has 0 radical (unpaired) electrons. The first-order valence-corrected chi connectivity index (χ1v) is 7.45. The van der Waals surface area contributed by atoms with Crippen molar-refractivity contribution in [2.45, 2.75) is 20.3 Å². The van der Waals surface area contributed by atoms with E-state index in [2.05, 4.69) is 20.5 Å². The molecule has 0 aliphatic heterocycles. The molecule has 0 fully saturated rings. The van der Waals surface area contributed by atoms with Gasteiger partial charge in [-0.15, -0.1) is 10.2 Å². The summed E-state index contributed by atoms with van der Waals surface area (Å²) >= 11 is 1.52. The topological polar surface area (TPSA) is 64.7 Å². The fourth-order valence-electron chi connectivity index (χ4n) is 1.92. The highest BCUT2D eigenvalue weighted by Gasteiger charge is 2.09. The molecule has 0 bridgehead atoms. The second kappa shape index (κ2) is 6.01. The maximum Gasteiger partial charge on any atom is 0.234 e. The Hall–Kier alpha value is -2.28. The van der Waals surface area contributed by atoms with Gasteiger partial charge in [-0.2, -0.15) is 9.61 Å². The van der Waals surface area contributed by atoms with E-state index in [-0.39, 0.29) is 0 Å². The third kappa shape index (κ3) is 3.08. The van der Waals surface area contributed by atoms with E-state index in [1.807, 2.05) is 44.2 Å². The van der Waals surface area contributed by atoms with Crippen LogP contribution < -0.4 is 0 Å². The molecule has 0 unspecified atom stereocenters. The maximum absolute atomic E-state index is 5.36. The van der Waals surface area contributed by atoms with Crippen molar-refractivity contribution in [2.75, 3.05) is 6.61 Å². The first-order chi connectivity index (χ1) is 10.2. The monoisotopic (exact) mass is 301 g/mol. The Morgan fingerprint density at radius 2 is 2.10 bits per heavy atom. The molecule has 0 spiro atoms. The summed E-state index contributed by atoms with van der Waals surface area (Å²) < 4.78 is 1.76. The molecule has 0 aliphatic rings. The average Bonchev–Trinajstić information content (AvgIpc) is 3.04. The van der Waals surface area contributed by atoms with Gasteiger partial charge in [0.05, 0.1) is 5.71 Å². The van der Waals surface area contributed by atoms with Crippen LogP contribution in [0.5, 0.6) is 0 Å². The van der Waals surface area contributed by atoms with E-state index in [1.165, 1.54) is 11.3 Å². The standard InChI is InChI=1S/C14H15N5OS/c1-10(12-6-4-3-5-7-12)18-20-9-8-13-15-16-14-19(13)17-11(2)21-14/h3-7H,8-9H2,1-2H3/b18-10+. The van der Waals surface area contributed by atoms with E-state index in [0.29, 0.717) is 13.0 Å². The maximum atomic E-state index is 5.36. The van der Waals surface area contributed by atoms with Crippen molar-refractivity contribution in [1.29, 1.82) is 0 Å². The lowest BCUT2D eigenvalue weighted by Crippen LogP contribution is -2.03. The first-order valence-electron chi connectivity index (χ1n) is 6.64. The van der Waals surface area contributed by atoms with Crippen molar-refractivity contribution in [3.63, 3.8) is 0 Å². The number of benzene rings is 1. The average molecular weight is 301 g/mol. The zero-order valence-electron chi connectivity index (χ0n) is 11.9. The molecule has 1 aromatic carbocycles. The number of nitrogens with zero attached hydrogens (tertiary/aromatic N) is 5. The van der Waals surface area contributed by atoms with Gasteiger partial charge in [0.25, 0.3) is 0 Å². The summed E-state index contributed by atoms with van der Waals surface area (Å²) in [4.78, 5) is 6.17. The Kier molecular flexibility index (Phi) is 3.92. The zero-order chi connectivity index (χ0) is 14.7. The molecule has 0 atom stereocenters. The highest BCUT2D eigenvalue weighted by molar-refractivity contribution is 7.16. The molecular weight excluding hydrogens is 286 g/mol. The molecule has 7 heteroatoms. The Morgan fingerprint density at radius 3 is 2.90 bits per heavy atom. The highest BCUT2D eigenvalue weighted by atomic mass is 32.1. The number of rotatable bonds is 5. The molecule has 0 saturated heterocycles. The first kappa shape index (κ1) is 13.7. The highest BCUT2D eigenvalue weighted by Crippen LogP contribution is 2.12. The van der Waals surface area contributed by atoms with Crippen molar-refractivity contribution in [1.82, 2.24) is 19.8 Å². The minimum Gasteiger partial charge on any atom is -0.395 e. The van der Waals surface area contributed by atoms with Gasteiger partial charge in [0.15, 0.2) is 5.82 Å². The van der Waals surface area contributed by atoms with Gasteiger partial charge in [-0.25, -0.2) is 0 Å². The van der Waals surface area contributed by atoms with Gasteiger partial charge >= 0.3 is 0 Å². The van der Waals surface area contributed by atoms with Crippen LogP contribution in [0.3, 0.4) is 0 Å². The quantitative estimate of drug-likeness (QED) is 0.412. The van der Waals surface area contributed by atoms with Crippen molar-refractivity contribution in [3.8, 4) is 0 Å². The molecule has 0 aliphatic carbocycles. The van der Waals surface area contributed by atoms with E-state index >= 15 is 0 Å². The molecule has 3 rings (SSSR count). The number of oxime groups is 1. The van der Waals surface area contributed by atoms with Crippen molar-refractivity contribution >= 4 is 22.0 Å². The van der Waals surface area contributed by atoms with Crippen molar-refractivity contribution < 1.29 is 4.84 Å². The summed E-state index contributed by atoms with van der Waals surface area (Å²) in [5.74, 6) is 0.793. The summed E-state index contributed by atoms with van der Waals surface area (Å²) in [5.41, 5.74) is 1.91. The van der Waals surface area contributed by atoms with Gasteiger partial charge < -0.3 is 4.84 Å². The van der Waals surface area contributed by atoms with E-state index < -0.39 is 0 Å². The van der Waals surface area contributed by atoms with Gasteiger partial charge in [-0.1, -0.05) is 46.8 Å². The predicted octanol–water partition coefficient (Wildman–Crippen LogP) is 2.48. The second-order valence-electron chi connectivity index (χ2n) is 4.56. The third-order valence-corrected chi connectivity index (χ3v) is 3.78. The number of aromatic nitrogens is 4. The lowest BCUT2D eigenvalue weighted by atomic mass is 10.1. The Bertz CT molecular complexity index is 762. The Labute approximate surface area is 126 Å². The molecule has 108 valence electrons. The van der Waals surface area contributed by atoms with Gasteiger partial charge in [0.1, 0.15) is 11.6 Å². The van der Waals surface area contributed by atoms with Crippen LogP contribution in [0.15, 0.2) is 35.5 Å². The summed E-state index contributed by atoms with van der Waals surface area (Å²) in [7, 11) is 0. The molecule has 3 aromatic rings. The molecule has 21 heavy (non-hydrogen) atoms. The second-order valence-corrected chi connectivity index (χ2v) is 5.72. The summed E-state index contributed by atoms with van der Waals surface area (Å²) in [5, 5.41) is 17.6. The number of hydrogen-bond acceptors (Lipinski definition) is 6. The van der Waals surface area contributed by atoms with Crippen molar-refractivity contribution in [3.05, 3.63) is 46.7 Å². The molecular formula is C14H15N5OS. The number of fused-ring (bicyclic) bond motifs is 1.